The average Bonchev–Trinajstić information content (AvgIpc) is 2.99. The zero-order valence-corrected chi connectivity index (χ0v) is 17.3. The molecule has 0 saturated carbocycles. The van der Waals surface area contributed by atoms with Crippen LogP contribution in [0.5, 0.6) is 0 Å². The highest BCUT2D eigenvalue weighted by molar-refractivity contribution is 9.10. The van der Waals surface area contributed by atoms with Crippen molar-refractivity contribution in [2.75, 3.05) is 0 Å². The lowest BCUT2D eigenvalue weighted by atomic mass is 9.86. The van der Waals surface area contributed by atoms with Crippen LogP contribution >= 0.6 is 15.9 Å². The number of amides is 1. The van der Waals surface area contributed by atoms with Crippen LogP contribution in [-0.4, -0.2) is 27.4 Å². The average molecular weight is 467 g/mol. The Morgan fingerprint density at radius 3 is 2.50 bits per heavy atom. The molecule has 1 fully saturated rings. The number of hydrogen-bond donors (Lipinski definition) is 0. The van der Waals surface area contributed by atoms with Gasteiger partial charge in [0.05, 0.1) is 6.04 Å². The molecule has 0 N–H and O–H groups in total. The molecule has 3 aromatic rings. The highest BCUT2D eigenvalue weighted by Gasteiger charge is 2.51. The number of carbonyl (C=O) groups is 3. The number of pyridine rings is 1. The molecule has 2 heterocycles. The molecule has 30 heavy (non-hydrogen) atoms. The molecule has 1 saturated heterocycles. The minimum Gasteiger partial charge on any atom is -0.323 e. The maximum Gasteiger partial charge on any atom is 0.291 e. The van der Waals surface area contributed by atoms with Gasteiger partial charge in [-0.05, 0) is 53.6 Å². The van der Waals surface area contributed by atoms with Gasteiger partial charge in [-0.2, -0.15) is 0 Å². The van der Waals surface area contributed by atoms with Crippen LogP contribution in [-0.2, 0) is 16.1 Å². The van der Waals surface area contributed by atoms with E-state index in [1.807, 2.05) is 6.07 Å². The van der Waals surface area contributed by atoms with Crippen molar-refractivity contribution >= 4 is 33.4 Å². The number of likely N-dealkylation sites (tertiary alicyclic amines) is 1. The van der Waals surface area contributed by atoms with Gasteiger partial charge in [0, 0.05) is 29.0 Å². The third-order valence-electron chi connectivity index (χ3n) is 5.08. The molecule has 2 atom stereocenters. The van der Waals surface area contributed by atoms with E-state index in [1.165, 1.54) is 17.0 Å². The zero-order valence-electron chi connectivity index (χ0n) is 15.7. The monoisotopic (exact) mass is 466 g/mol. The summed E-state index contributed by atoms with van der Waals surface area (Å²) in [7, 11) is 0. The van der Waals surface area contributed by atoms with E-state index >= 15 is 0 Å². The fourth-order valence-electron chi connectivity index (χ4n) is 3.70. The summed E-state index contributed by atoms with van der Waals surface area (Å²) in [4.78, 5) is 44.6. The van der Waals surface area contributed by atoms with E-state index in [0.717, 1.165) is 22.2 Å². The Labute approximate surface area is 180 Å². The summed E-state index contributed by atoms with van der Waals surface area (Å²) in [6.45, 7) is 0.142. The first-order chi connectivity index (χ1) is 14.5. The second-order valence-corrected chi connectivity index (χ2v) is 7.92. The largest absolute Gasteiger partial charge is 0.323 e. The van der Waals surface area contributed by atoms with E-state index in [2.05, 4.69) is 20.9 Å². The number of hydrogen-bond acceptors (Lipinski definition) is 4. The first-order valence-corrected chi connectivity index (χ1v) is 10.0. The van der Waals surface area contributed by atoms with E-state index in [1.54, 1.807) is 42.7 Å². The Bertz CT molecular complexity index is 1120. The first kappa shape index (κ1) is 20.1. The quantitative estimate of drug-likeness (QED) is 0.322. The Balaban J connectivity index is 1.78. The lowest BCUT2D eigenvalue weighted by molar-refractivity contribution is -0.141. The maximum absolute atomic E-state index is 13.3. The molecular weight excluding hydrogens is 451 g/mol. The van der Waals surface area contributed by atoms with Gasteiger partial charge in [0.1, 0.15) is 11.7 Å². The van der Waals surface area contributed by atoms with E-state index in [9.17, 15) is 18.8 Å². The third kappa shape index (κ3) is 3.80. The number of benzene rings is 2. The predicted molar refractivity (Wildman–Crippen MR) is 111 cm³/mol. The Morgan fingerprint density at radius 2 is 1.83 bits per heavy atom. The molecule has 1 aromatic heterocycles. The number of aromatic nitrogens is 1. The molecule has 0 radical (unpaired) electrons. The van der Waals surface area contributed by atoms with Gasteiger partial charge >= 0.3 is 0 Å². The number of ketones is 2. The molecule has 7 heteroatoms. The molecule has 0 aliphatic carbocycles. The minimum atomic E-state index is -1.21. The molecule has 1 aliphatic heterocycles. The van der Waals surface area contributed by atoms with Crippen LogP contribution in [0.15, 0.2) is 77.5 Å². The number of Topliss-reactive ketones (excluding diaryl/α,β-unsaturated/α-hetero) is 2. The fourth-order valence-corrected chi connectivity index (χ4v) is 4.12. The predicted octanol–water partition coefficient (Wildman–Crippen LogP) is 4.13. The second-order valence-electron chi connectivity index (χ2n) is 7.01. The number of halogens is 2. The molecule has 0 bridgehead atoms. The van der Waals surface area contributed by atoms with Gasteiger partial charge in [-0.25, -0.2) is 4.39 Å². The van der Waals surface area contributed by atoms with E-state index < -0.39 is 35.3 Å². The Kier molecular flexibility index (Phi) is 5.55. The van der Waals surface area contributed by atoms with E-state index in [-0.39, 0.29) is 12.1 Å². The second kappa shape index (κ2) is 8.28. The van der Waals surface area contributed by atoms with Crippen molar-refractivity contribution in [1.29, 1.82) is 0 Å². The normalized spacial score (nSPS) is 18.7. The molecule has 5 nitrogen and oxygen atoms in total. The highest BCUT2D eigenvalue weighted by Crippen LogP contribution is 2.39. The molecule has 0 spiro atoms. The maximum atomic E-state index is 13.3. The van der Waals surface area contributed by atoms with Gasteiger partial charge < -0.3 is 4.90 Å². The Morgan fingerprint density at radius 1 is 1.07 bits per heavy atom. The lowest BCUT2D eigenvalue weighted by Gasteiger charge is -2.27. The molecule has 2 unspecified atom stereocenters. The van der Waals surface area contributed by atoms with E-state index in [0.29, 0.717) is 5.56 Å². The summed E-state index contributed by atoms with van der Waals surface area (Å²) in [5.41, 5.74) is 1.59. The third-order valence-corrected chi connectivity index (χ3v) is 5.58. The number of nitrogens with zero attached hydrogens (tertiary/aromatic N) is 2. The smallest absolute Gasteiger partial charge is 0.291 e. The molecule has 2 aromatic carbocycles. The topological polar surface area (TPSA) is 67.3 Å². The number of carbonyl (C=O) groups excluding carboxylic acids is 3. The van der Waals surface area contributed by atoms with Gasteiger partial charge in [-0.1, -0.05) is 34.1 Å². The van der Waals surface area contributed by atoms with Crippen molar-refractivity contribution in [1.82, 2.24) is 9.88 Å². The summed E-state index contributed by atoms with van der Waals surface area (Å²) in [5, 5.41) is 0. The molecule has 150 valence electrons. The van der Waals surface area contributed by atoms with Gasteiger partial charge in [0.25, 0.3) is 5.91 Å². The van der Waals surface area contributed by atoms with Gasteiger partial charge in [0.2, 0.25) is 5.78 Å². The van der Waals surface area contributed by atoms with Crippen molar-refractivity contribution in [2.45, 2.75) is 12.6 Å². The van der Waals surface area contributed by atoms with E-state index in [4.69, 9.17) is 0 Å². The standard InChI is InChI=1S/C23H16BrFN2O3/c24-17-5-1-4-16(11-17)20-19(21(28)15-6-8-18(25)9-7-15)22(29)23(30)27(20)13-14-3-2-10-26-12-14/h1-12,19-20H,13H2. The van der Waals surface area contributed by atoms with Crippen LogP contribution in [0.25, 0.3) is 0 Å². The van der Waals surface area contributed by atoms with Crippen molar-refractivity contribution in [3.63, 3.8) is 0 Å². The molecular formula is C23H16BrFN2O3. The summed E-state index contributed by atoms with van der Waals surface area (Å²) < 4.78 is 14.1. The molecule has 4 rings (SSSR count). The summed E-state index contributed by atoms with van der Waals surface area (Å²) >= 11 is 3.41. The molecule has 1 amide bonds. The zero-order chi connectivity index (χ0) is 21.3. The van der Waals surface area contributed by atoms with Crippen molar-refractivity contribution in [2.24, 2.45) is 5.92 Å². The van der Waals surface area contributed by atoms with Gasteiger partial charge in [-0.3, -0.25) is 19.4 Å². The lowest BCUT2D eigenvalue weighted by Crippen LogP contribution is -2.30. The molecule has 1 aliphatic rings. The van der Waals surface area contributed by atoms with Crippen LogP contribution in [0.3, 0.4) is 0 Å². The first-order valence-electron chi connectivity index (χ1n) is 9.24. The number of rotatable bonds is 5. The SMILES string of the molecule is O=C1C(=O)N(Cc2cccnc2)C(c2cccc(Br)c2)C1C(=O)c1ccc(F)cc1. The minimum absolute atomic E-state index is 0.142. The van der Waals surface area contributed by atoms with Crippen molar-refractivity contribution in [3.05, 3.63) is 100 Å². The van der Waals surface area contributed by atoms with Crippen LogP contribution in [0, 0.1) is 11.7 Å². The summed E-state index contributed by atoms with van der Waals surface area (Å²) in [5.74, 6) is -3.69. The van der Waals surface area contributed by atoms with Crippen LogP contribution in [0.4, 0.5) is 4.39 Å². The van der Waals surface area contributed by atoms with Crippen LogP contribution in [0.1, 0.15) is 27.5 Å². The van der Waals surface area contributed by atoms with Crippen molar-refractivity contribution in [3.8, 4) is 0 Å². The van der Waals surface area contributed by atoms with Gasteiger partial charge in [-0.15, -0.1) is 0 Å². The van der Waals surface area contributed by atoms with Crippen LogP contribution < -0.4 is 0 Å². The van der Waals surface area contributed by atoms with Crippen molar-refractivity contribution < 1.29 is 18.8 Å². The highest BCUT2D eigenvalue weighted by atomic mass is 79.9. The summed E-state index contributed by atoms with van der Waals surface area (Å²) in [6.07, 6.45) is 3.23. The fraction of sp³-hybridized carbons (Fsp3) is 0.130. The summed E-state index contributed by atoms with van der Waals surface area (Å²) in [6, 6.07) is 14.9. The van der Waals surface area contributed by atoms with Gasteiger partial charge in [0.15, 0.2) is 5.78 Å². The Hall–Kier alpha value is -3.19. The van der Waals surface area contributed by atoms with Crippen LogP contribution in [0.2, 0.25) is 0 Å².